The van der Waals surface area contributed by atoms with E-state index in [-0.39, 0.29) is 11.1 Å². The number of nitrogens with zero attached hydrogens (tertiary/aromatic N) is 3. The Morgan fingerprint density at radius 2 is 1.94 bits per heavy atom. The highest BCUT2D eigenvalue weighted by atomic mass is 35.5. The molecule has 0 bridgehead atoms. The molecule has 1 saturated heterocycles. The molecule has 0 spiro atoms. The van der Waals surface area contributed by atoms with Gasteiger partial charge in [0.05, 0.1) is 0 Å². The van der Waals surface area contributed by atoms with Gasteiger partial charge in [-0.1, -0.05) is 30.6 Å². The second-order valence-electron chi connectivity index (χ2n) is 4.35. The number of likely N-dealkylation sites (N-methyl/N-ethyl adjacent to an activating group) is 1. The lowest BCUT2D eigenvalue weighted by Gasteiger charge is -2.31. The van der Waals surface area contributed by atoms with Crippen molar-refractivity contribution < 1.29 is 9.63 Å². The molecule has 0 aromatic rings. The van der Waals surface area contributed by atoms with Gasteiger partial charge in [-0.2, -0.15) is 0 Å². The van der Waals surface area contributed by atoms with Gasteiger partial charge in [0.15, 0.2) is 0 Å². The second-order valence-corrected chi connectivity index (χ2v) is 4.74. The van der Waals surface area contributed by atoms with E-state index in [0.717, 1.165) is 26.2 Å². The van der Waals surface area contributed by atoms with E-state index in [0.29, 0.717) is 0 Å². The fourth-order valence-electron chi connectivity index (χ4n) is 1.26. The Hall–Kier alpha value is -0.850. The van der Waals surface area contributed by atoms with Gasteiger partial charge in [-0.3, -0.25) is 10.3 Å². The molecule has 0 unspecified atom stereocenters. The van der Waals surface area contributed by atoms with Gasteiger partial charge in [-0.15, -0.1) is 0 Å². The zero-order chi connectivity index (χ0) is 12.8. The second kappa shape index (κ2) is 6.78. The van der Waals surface area contributed by atoms with E-state index in [9.17, 15) is 4.79 Å². The van der Waals surface area contributed by atoms with Crippen LogP contribution in [-0.4, -0.2) is 54.4 Å². The standard InChI is InChI=1S/C10H19ClN4O2/c1-8(2)9(11)13-17-10(16)12-15-6-4-14(3)5-7-15/h8H,4-7H2,1-3H3,(H,12,16). The van der Waals surface area contributed by atoms with Crippen LogP contribution in [0.2, 0.25) is 0 Å². The smallest absolute Gasteiger partial charge is 0.304 e. The first-order valence-electron chi connectivity index (χ1n) is 5.63. The first-order valence-corrected chi connectivity index (χ1v) is 6.01. The van der Waals surface area contributed by atoms with Crippen LogP contribution >= 0.6 is 11.6 Å². The van der Waals surface area contributed by atoms with Crippen molar-refractivity contribution in [2.45, 2.75) is 13.8 Å². The minimum Gasteiger partial charge on any atom is -0.304 e. The summed E-state index contributed by atoms with van der Waals surface area (Å²) >= 11 is 5.75. The van der Waals surface area contributed by atoms with Crippen molar-refractivity contribution in [2.24, 2.45) is 11.1 Å². The van der Waals surface area contributed by atoms with Crippen molar-refractivity contribution in [3.63, 3.8) is 0 Å². The number of hydrogen-bond donors (Lipinski definition) is 1. The van der Waals surface area contributed by atoms with Gasteiger partial charge in [0, 0.05) is 32.1 Å². The van der Waals surface area contributed by atoms with Crippen molar-refractivity contribution in [3.05, 3.63) is 0 Å². The number of hydrazine groups is 1. The Balaban J connectivity index is 2.28. The summed E-state index contributed by atoms with van der Waals surface area (Å²) in [5.74, 6) is 0.0492. The van der Waals surface area contributed by atoms with Crippen molar-refractivity contribution in [2.75, 3.05) is 33.2 Å². The highest BCUT2D eigenvalue weighted by molar-refractivity contribution is 6.65. The molecule has 17 heavy (non-hydrogen) atoms. The minimum absolute atomic E-state index is 0.0492. The van der Waals surface area contributed by atoms with E-state index < -0.39 is 6.09 Å². The molecular formula is C10H19ClN4O2. The summed E-state index contributed by atoms with van der Waals surface area (Å²) in [7, 11) is 2.04. The summed E-state index contributed by atoms with van der Waals surface area (Å²) in [6.07, 6.45) is -0.603. The summed E-state index contributed by atoms with van der Waals surface area (Å²) in [6.45, 7) is 7.11. The number of piperazine rings is 1. The monoisotopic (exact) mass is 262 g/mol. The van der Waals surface area contributed by atoms with Crippen LogP contribution in [0, 0.1) is 5.92 Å². The topological polar surface area (TPSA) is 57.2 Å². The number of carbonyl (C=O) groups excluding carboxylic acids is 1. The summed E-state index contributed by atoms with van der Waals surface area (Å²) in [4.78, 5) is 18.2. The van der Waals surface area contributed by atoms with E-state index in [4.69, 9.17) is 11.6 Å². The third kappa shape index (κ3) is 5.34. The molecule has 1 heterocycles. The molecule has 1 amide bonds. The summed E-state index contributed by atoms with van der Waals surface area (Å²) in [5, 5.41) is 5.62. The van der Waals surface area contributed by atoms with E-state index in [1.807, 2.05) is 20.9 Å². The minimum atomic E-state index is -0.603. The Morgan fingerprint density at radius 1 is 1.35 bits per heavy atom. The Bertz CT molecular complexity index is 288. The third-order valence-corrected chi connectivity index (χ3v) is 2.95. The number of rotatable bonds is 3. The lowest BCUT2D eigenvalue weighted by atomic mass is 10.2. The lowest BCUT2D eigenvalue weighted by Crippen LogP contribution is -2.52. The van der Waals surface area contributed by atoms with E-state index in [2.05, 4.69) is 20.3 Å². The molecule has 98 valence electrons. The maximum absolute atomic E-state index is 11.4. The molecule has 1 N–H and O–H groups in total. The molecule has 0 radical (unpaired) electrons. The molecular weight excluding hydrogens is 244 g/mol. The Labute approximate surface area is 106 Å². The molecule has 0 atom stereocenters. The fraction of sp³-hybridized carbons (Fsp3) is 0.800. The zero-order valence-electron chi connectivity index (χ0n) is 10.4. The zero-order valence-corrected chi connectivity index (χ0v) is 11.2. The van der Waals surface area contributed by atoms with Crippen molar-refractivity contribution in [3.8, 4) is 0 Å². The van der Waals surface area contributed by atoms with Crippen LogP contribution in [0.15, 0.2) is 5.16 Å². The van der Waals surface area contributed by atoms with Crippen LogP contribution in [0.1, 0.15) is 13.8 Å². The molecule has 0 aromatic carbocycles. The maximum Gasteiger partial charge on any atom is 0.448 e. The predicted octanol–water partition coefficient (Wildman–Crippen LogP) is 1.08. The fourth-order valence-corrected chi connectivity index (χ4v) is 1.29. The SMILES string of the molecule is CC(C)C(Cl)=NOC(=O)NN1CCN(C)CC1. The van der Waals surface area contributed by atoms with Gasteiger partial charge in [0.25, 0.3) is 0 Å². The van der Waals surface area contributed by atoms with E-state index >= 15 is 0 Å². The highest BCUT2D eigenvalue weighted by Crippen LogP contribution is 2.02. The van der Waals surface area contributed by atoms with Crippen LogP contribution in [0.25, 0.3) is 0 Å². The molecule has 1 aliphatic heterocycles. The summed E-state index contributed by atoms with van der Waals surface area (Å²) < 4.78 is 0. The van der Waals surface area contributed by atoms with Crippen molar-refractivity contribution >= 4 is 22.9 Å². The van der Waals surface area contributed by atoms with E-state index in [1.165, 1.54) is 0 Å². The van der Waals surface area contributed by atoms with Crippen LogP contribution in [0.3, 0.4) is 0 Å². The van der Waals surface area contributed by atoms with E-state index in [1.54, 1.807) is 5.01 Å². The molecule has 6 nitrogen and oxygen atoms in total. The largest absolute Gasteiger partial charge is 0.448 e. The van der Waals surface area contributed by atoms with Gasteiger partial charge in [-0.25, -0.2) is 9.80 Å². The number of carbonyl (C=O) groups is 1. The Morgan fingerprint density at radius 3 is 2.47 bits per heavy atom. The van der Waals surface area contributed by atoms with Crippen LogP contribution in [-0.2, 0) is 4.84 Å². The lowest BCUT2D eigenvalue weighted by molar-refractivity contribution is 0.0780. The predicted molar refractivity (Wildman–Crippen MR) is 66.8 cm³/mol. The molecule has 0 saturated carbocycles. The molecule has 0 aromatic heterocycles. The number of oxime groups is 1. The van der Waals surface area contributed by atoms with Crippen LogP contribution in [0.5, 0.6) is 0 Å². The maximum atomic E-state index is 11.4. The van der Waals surface area contributed by atoms with Crippen LogP contribution in [0.4, 0.5) is 4.79 Å². The number of amides is 1. The first kappa shape index (κ1) is 14.2. The van der Waals surface area contributed by atoms with Gasteiger partial charge in [0.2, 0.25) is 0 Å². The number of nitrogens with one attached hydrogen (secondary N) is 1. The average Bonchev–Trinajstić information content (AvgIpc) is 2.29. The average molecular weight is 263 g/mol. The van der Waals surface area contributed by atoms with Crippen LogP contribution < -0.4 is 5.43 Å². The van der Waals surface area contributed by atoms with Gasteiger partial charge >= 0.3 is 6.09 Å². The van der Waals surface area contributed by atoms with Gasteiger partial charge in [0.1, 0.15) is 5.17 Å². The third-order valence-electron chi connectivity index (χ3n) is 2.44. The first-order chi connectivity index (χ1) is 7.99. The molecule has 0 aliphatic carbocycles. The normalized spacial score (nSPS) is 19.5. The van der Waals surface area contributed by atoms with Crippen molar-refractivity contribution in [1.29, 1.82) is 0 Å². The van der Waals surface area contributed by atoms with Crippen molar-refractivity contribution in [1.82, 2.24) is 15.3 Å². The van der Waals surface area contributed by atoms with Gasteiger partial charge < -0.3 is 4.90 Å². The number of hydrogen-bond acceptors (Lipinski definition) is 5. The molecule has 1 fully saturated rings. The highest BCUT2D eigenvalue weighted by Gasteiger charge is 2.16. The summed E-state index contributed by atoms with van der Waals surface area (Å²) in [5.41, 5.74) is 2.61. The summed E-state index contributed by atoms with van der Waals surface area (Å²) in [6, 6.07) is 0. The quantitative estimate of drug-likeness (QED) is 0.470. The Kier molecular flexibility index (Phi) is 5.67. The molecule has 7 heteroatoms. The molecule has 1 aliphatic rings. The van der Waals surface area contributed by atoms with Gasteiger partial charge in [-0.05, 0) is 7.05 Å². The number of halogens is 1. The molecule has 1 rings (SSSR count).